The second-order valence-electron chi connectivity index (χ2n) is 3.95. The van der Waals surface area contributed by atoms with E-state index in [2.05, 4.69) is 9.74 Å². The molecule has 1 fully saturated rings. The molecule has 6 nitrogen and oxygen atoms in total. The van der Waals surface area contributed by atoms with Gasteiger partial charge in [-0.1, -0.05) is 0 Å². The van der Waals surface area contributed by atoms with E-state index >= 15 is 0 Å². The van der Waals surface area contributed by atoms with Crippen molar-refractivity contribution in [3.63, 3.8) is 0 Å². The summed E-state index contributed by atoms with van der Waals surface area (Å²) >= 11 is 0. The van der Waals surface area contributed by atoms with E-state index in [9.17, 15) is 10.1 Å². The number of rotatable bonds is 6. The van der Waals surface area contributed by atoms with Crippen LogP contribution in [-0.4, -0.2) is 42.8 Å². The Bertz CT molecular complexity index is 193. The highest BCUT2D eigenvalue weighted by Crippen LogP contribution is 2.17. The smallest absolute Gasteiger partial charge is 0.294 e. The normalized spacial score (nSPS) is 19.0. The van der Waals surface area contributed by atoms with Crippen molar-refractivity contribution < 1.29 is 9.92 Å². The molecule has 0 radical (unpaired) electrons. The van der Waals surface area contributed by atoms with Gasteiger partial charge in [-0.15, -0.1) is 10.1 Å². The minimum absolute atomic E-state index is 0.248. The molecule has 0 unspecified atom stereocenters. The molecule has 0 aliphatic carbocycles. The van der Waals surface area contributed by atoms with Crippen LogP contribution >= 0.6 is 0 Å². The third-order valence-electron chi connectivity index (χ3n) is 2.80. The number of likely N-dealkylation sites (tertiary alicyclic amines) is 1. The molecule has 0 bridgehead atoms. The van der Waals surface area contributed by atoms with Crippen LogP contribution in [0, 0.1) is 16.0 Å². The van der Waals surface area contributed by atoms with Crippen molar-refractivity contribution in [2.45, 2.75) is 19.3 Å². The van der Waals surface area contributed by atoms with E-state index in [1.54, 1.807) is 0 Å². The van der Waals surface area contributed by atoms with Gasteiger partial charge in [0.2, 0.25) is 0 Å². The average Bonchev–Trinajstić information content (AvgIpc) is 2.25. The lowest BCUT2D eigenvalue weighted by Gasteiger charge is -2.31. The first kappa shape index (κ1) is 12.2. The van der Waals surface area contributed by atoms with Crippen LogP contribution in [0.25, 0.3) is 0 Å². The maximum atomic E-state index is 10.0. The summed E-state index contributed by atoms with van der Waals surface area (Å²) in [4.78, 5) is 16.7. The van der Waals surface area contributed by atoms with Crippen LogP contribution < -0.4 is 5.73 Å². The number of piperidine rings is 1. The number of hydrogen-bond donors (Lipinski definition) is 1. The van der Waals surface area contributed by atoms with E-state index in [1.807, 2.05) is 0 Å². The van der Waals surface area contributed by atoms with E-state index in [4.69, 9.17) is 5.73 Å². The molecule has 6 heteroatoms. The second-order valence-corrected chi connectivity index (χ2v) is 3.95. The van der Waals surface area contributed by atoms with Gasteiger partial charge in [-0.05, 0) is 51.4 Å². The van der Waals surface area contributed by atoms with Crippen LogP contribution in [0.4, 0.5) is 0 Å². The highest BCUT2D eigenvalue weighted by Gasteiger charge is 2.19. The molecule has 0 atom stereocenters. The molecule has 88 valence electrons. The summed E-state index contributed by atoms with van der Waals surface area (Å²) in [5.74, 6) is 0.338. The first-order chi connectivity index (χ1) is 7.22. The van der Waals surface area contributed by atoms with Gasteiger partial charge < -0.3 is 15.5 Å². The number of nitrogens with two attached hydrogens (primary N) is 1. The molecule has 15 heavy (non-hydrogen) atoms. The van der Waals surface area contributed by atoms with Crippen molar-refractivity contribution in [3.05, 3.63) is 10.1 Å². The molecular weight excluding hydrogens is 198 g/mol. The maximum Gasteiger partial charge on any atom is 0.294 e. The Kier molecular flexibility index (Phi) is 5.34. The molecule has 1 saturated heterocycles. The van der Waals surface area contributed by atoms with E-state index in [0.29, 0.717) is 5.92 Å². The van der Waals surface area contributed by atoms with Gasteiger partial charge in [0.05, 0.1) is 6.61 Å². The highest BCUT2D eigenvalue weighted by molar-refractivity contribution is 4.71. The highest BCUT2D eigenvalue weighted by atomic mass is 16.9. The van der Waals surface area contributed by atoms with Crippen LogP contribution in [0.5, 0.6) is 0 Å². The Hall–Kier alpha value is -0.880. The minimum atomic E-state index is -0.708. The predicted octanol–water partition coefficient (Wildman–Crippen LogP) is 0.256. The minimum Gasteiger partial charge on any atom is -0.330 e. The van der Waals surface area contributed by atoms with Gasteiger partial charge in [-0.3, -0.25) is 0 Å². The molecule has 0 spiro atoms. The quantitative estimate of drug-likeness (QED) is 0.509. The Morgan fingerprint density at radius 3 is 2.67 bits per heavy atom. The standard InChI is InChI=1S/C9H19N3O3/c10-4-1-5-11-6-2-9(3-7-11)8-15-12(13)14/h9H,1-8,10H2. The second kappa shape index (κ2) is 6.58. The fraction of sp³-hybridized carbons (Fsp3) is 1.00. The van der Waals surface area contributed by atoms with Crippen LogP contribution in [0.15, 0.2) is 0 Å². The Labute approximate surface area is 89.5 Å². The Morgan fingerprint density at radius 1 is 1.47 bits per heavy atom. The molecule has 0 aromatic carbocycles. The maximum absolute atomic E-state index is 10.0. The van der Waals surface area contributed by atoms with Crippen molar-refractivity contribution in [2.24, 2.45) is 11.7 Å². The summed E-state index contributed by atoms with van der Waals surface area (Å²) in [5, 5.41) is 9.30. The topological polar surface area (TPSA) is 81.6 Å². The summed E-state index contributed by atoms with van der Waals surface area (Å²) < 4.78 is 0. The largest absolute Gasteiger partial charge is 0.330 e. The van der Waals surface area contributed by atoms with Crippen molar-refractivity contribution >= 4 is 0 Å². The zero-order chi connectivity index (χ0) is 11.1. The SMILES string of the molecule is NCCCN1CCC(CO[N+](=O)[O-])CC1. The van der Waals surface area contributed by atoms with Gasteiger partial charge in [0.1, 0.15) is 0 Å². The molecule has 0 amide bonds. The molecule has 1 heterocycles. The number of hydrogen-bond acceptors (Lipinski definition) is 5. The Morgan fingerprint density at radius 2 is 2.13 bits per heavy atom. The zero-order valence-corrected chi connectivity index (χ0v) is 8.93. The van der Waals surface area contributed by atoms with Crippen LogP contribution in [0.3, 0.4) is 0 Å². The molecule has 1 aliphatic rings. The molecular formula is C9H19N3O3. The molecule has 2 N–H and O–H groups in total. The van der Waals surface area contributed by atoms with Gasteiger partial charge in [-0.25, -0.2) is 0 Å². The zero-order valence-electron chi connectivity index (χ0n) is 8.93. The third-order valence-corrected chi connectivity index (χ3v) is 2.80. The molecule has 0 aromatic rings. The first-order valence-corrected chi connectivity index (χ1v) is 5.42. The van der Waals surface area contributed by atoms with E-state index < -0.39 is 5.09 Å². The summed E-state index contributed by atoms with van der Waals surface area (Å²) in [5.41, 5.74) is 5.43. The van der Waals surface area contributed by atoms with Crippen molar-refractivity contribution in [3.8, 4) is 0 Å². The van der Waals surface area contributed by atoms with E-state index in [1.165, 1.54) is 0 Å². The van der Waals surface area contributed by atoms with Crippen molar-refractivity contribution in [2.75, 3.05) is 32.8 Å². The van der Waals surface area contributed by atoms with Gasteiger partial charge in [0, 0.05) is 0 Å². The van der Waals surface area contributed by atoms with E-state index in [-0.39, 0.29) is 6.61 Å². The first-order valence-electron chi connectivity index (χ1n) is 5.42. The van der Waals surface area contributed by atoms with Crippen LogP contribution in [-0.2, 0) is 4.84 Å². The van der Waals surface area contributed by atoms with E-state index in [0.717, 1.165) is 45.4 Å². The molecule has 0 saturated carbocycles. The van der Waals surface area contributed by atoms with Crippen molar-refractivity contribution in [1.82, 2.24) is 4.90 Å². The monoisotopic (exact) mass is 217 g/mol. The summed E-state index contributed by atoms with van der Waals surface area (Å²) in [6.45, 7) is 4.03. The molecule has 1 rings (SSSR count). The Balaban J connectivity index is 2.09. The molecule has 1 aliphatic heterocycles. The van der Waals surface area contributed by atoms with Gasteiger partial charge in [0.25, 0.3) is 5.09 Å². The number of nitrogens with zero attached hydrogens (tertiary/aromatic N) is 2. The third kappa shape index (κ3) is 4.94. The van der Waals surface area contributed by atoms with Gasteiger partial charge >= 0.3 is 0 Å². The fourth-order valence-corrected chi connectivity index (χ4v) is 1.86. The summed E-state index contributed by atoms with van der Waals surface area (Å²) in [6, 6.07) is 0. The summed E-state index contributed by atoms with van der Waals surface area (Å²) in [6.07, 6.45) is 2.99. The molecule has 0 aromatic heterocycles. The van der Waals surface area contributed by atoms with Gasteiger partial charge in [-0.2, -0.15) is 0 Å². The lowest BCUT2D eigenvalue weighted by Crippen LogP contribution is -2.36. The van der Waals surface area contributed by atoms with Crippen LogP contribution in [0.1, 0.15) is 19.3 Å². The van der Waals surface area contributed by atoms with Crippen molar-refractivity contribution in [1.29, 1.82) is 0 Å². The lowest BCUT2D eigenvalue weighted by atomic mass is 9.98. The average molecular weight is 217 g/mol. The fourth-order valence-electron chi connectivity index (χ4n) is 1.86. The van der Waals surface area contributed by atoms with Gasteiger partial charge in [0.15, 0.2) is 0 Å². The van der Waals surface area contributed by atoms with Crippen LogP contribution in [0.2, 0.25) is 0 Å². The summed E-state index contributed by atoms with van der Waals surface area (Å²) in [7, 11) is 0. The lowest BCUT2D eigenvalue weighted by molar-refractivity contribution is -0.759. The predicted molar refractivity (Wildman–Crippen MR) is 55.8 cm³/mol.